The number of para-hydroxylation sites is 1. The van der Waals surface area contributed by atoms with E-state index in [0.717, 1.165) is 6.07 Å². The molecule has 0 unspecified atom stereocenters. The summed E-state index contributed by atoms with van der Waals surface area (Å²) in [6.45, 7) is 3.58. The highest BCUT2D eigenvalue weighted by Gasteiger charge is 2.48. The first kappa shape index (κ1) is 16.8. The summed E-state index contributed by atoms with van der Waals surface area (Å²) in [5.41, 5.74) is -0.471. The molecule has 0 aromatic heterocycles. The van der Waals surface area contributed by atoms with Crippen molar-refractivity contribution >= 4 is 15.5 Å². The first-order chi connectivity index (χ1) is 8.95. The molecule has 8 heteroatoms. The standard InChI is InChI=1S/C12H17F3N2O2S/c1-11(2,8-16)17(3)9-6-4-5-7-10(9)20(18,19)12(13,14)15/h4-7H,8,16H2,1-3H3. The van der Waals surface area contributed by atoms with Crippen LogP contribution >= 0.6 is 0 Å². The predicted octanol–water partition coefficient (Wildman–Crippen LogP) is 2.15. The second kappa shape index (κ2) is 5.25. The minimum atomic E-state index is -5.40. The van der Waals surface area contributed by atoms with E-state index in [1.54, 1.807) is 13.8 Å². The molecule has 114 valence electrons. The Morgan fingerprint density at radius 1 is 1.20 bits per heavy atom. The number of nitrogens with two attached hydrogens (primary N) is 1. The molecule has 0 aliphatic heterocycles. The van der Waals surface area contributed by atoms with Crippen LogP contribution in [0.3, 0.4) is 0 Å². The average molecular weight is 310 g/mol. The topological polar surface area (TPSA) is 63.4 Å². The normalized spacial score (nSPS) is 13.3. The number of rotatable bonds is 4. The van der Waals surface area contributed by atoms with Gasteiger partial charge in [-0.1, -0.05) is 12.1 Å². The number of nitrogens with zero attached hydrogens (tertiary/aromatic N) is 1. The number of hydrogen-bond donors (Lipinski definition) is 1. The summed E-state index contributed by atoms with van der Waals surface area (Å²) in [5, 5.41) is 0. The van der Waals surface area contributed by atoms with Crippen molar-refractivity contribution in [2.75, 3.05) is 18.5 Å². The lowest BCUT2D eigenvalue weighted by Crippen LogP contribution is -2.48. The maximum absolute atomic E-state index is 12.7. The van der Waals surface area contributed by atoms with Gasteiger partial charge in [0.15, 0.2) is 0 Å². The van der Waals surface area contributed by atoms with Gasteiger partial charge in [-0.15, -0.1) is 0 Å². The highest BCUT2D eigenvalue weighted by molar-refractivity contribution is 7.92. The molecular weight excluding hydrogens is 293 g/mol. The van der Waals surface area contributed by atoms with Gasteiger partial charge >= 0.3 is 5.51 Å². The van der Waals surface area contributed by atoms with Gasteiger partial charge in [-0.2, -0.15) is 13.2 Å². The van der Waals surface area contributed by atoms with E-state index in [9.17, 15) is 21.6 Å². The van der Waals surface area contributed by atoms with Crippen molar-refractivity contribution < 1.29 is 21.6 Å². The van der Waals surface area contributed by atoms with Crippen molar-refractivity contribution in [1.82, 2.24) is 0 Å². The molecule has 0 amide bonds. The summed E-state index contributed by atoms with van der Waals surface area (Å²) in [5.74, 6) is 0. The zero-order chi connectivity index (χ0) is 15.8. The number of sulfone groups is 1. The lowest BCUT2D eigenvalue weighted by Gasteiger charge is -2.37. The molecule has 0 saturated carbocycles. The fourth-order valence-electron chi connectivity index (χ4n) is 1.55. The van der Waals surface area contributed by atoms with Gasteiger partial charge in [-0.05, 0) is 26.0 Å². The average Bonchev–Trinajstić information content (AvgIpc) is 2.36. The van der Waals surface area contributed by atoms with Gasteiger partial charge in [-0.25, -0.2) is 8.42 Å². The fourth-order valence-corrected chi connectivity index (χ4v) is 2.54. The first-order valence-corrected chi connectivity index (χ1v) is 7.28. The Morgan fingerprint density at radius 2 is 1.70 bits per heavy atom. The second-order valence-corrected chi connectivity index (χ2v) is 6.90. The molecule has 1 aromatic rings. The van der Waals surface area contributed by atoms with Crippen LogP contribution in [-0.4, -0.2) is 33.1 Å². The first-order valence-electron chi connectivity index (χ1n) is 5.79. The van der Waals surface area contributed by atoms with Crippen molar-refractivity contribution in [3.8, 4) is 0 Å². The second-order valence-electron chi connectivity index (χ2n) is 4.99. The lowest BCUT2D eigenvalue weighted by molar-refractivity contribution is -0.0435. The molecule has 1 aromatic carbocycles. The monoisotopic (exact) mass is 310 g/mol. The summed E-state index contributed by atoms with van der Waals surface area (Å²) < 4.78 is 61.4. The Morgan fingerprint density at radius 3 is 2.15 bits per heavy atom. The lowest BCUT2D eigenvalue weighted by atomic mass is 10.0. The summed E-state index contributed by atoms with van der Waals surface area (Å²) in [6, 6.07) is 5.01. The molecule has 0 aliphatic carbocycles. The molecule has 0 fully saturated rings. The molecule has 0 spiro atoms. The maximum atomic E-state index is 12.7. The van der Waals surface area contributed by atoms with Crippen LogP contribution in [-0.2, 0) is 9.84 Å². The van der Waals surface area contributed by atoms with Crippen LogP contribution in [0.25, 0.3) is 0 Å². The Kier molecular flexibility index (Phi) is 4.40. The number of benzene rings is 1. The number of halogens is 3. The van der Waals surface area contributed by atoms with Crippen molar-refractivity contribution in [3.63, 3.8) is 0 Å². The van der Waals surface area contributed by atoms with E-state index in [1.807, 2.05) is 0 Å². The zero-order valence-corrected chi connectivity index (χ0v) is 12.2. The predicted molar refractivity (Wildman–Crippen MR) is 71.2 cm³/mol. The zero-order valence-electron chi connectivity index (χ0n) is 11.4. The van der Waals surface area contributed by atoms with Crippen molar-refractivity contribution in [1.29, 1.82) is 0 Å². The van der Waals surface area contributed by atoms with E-state index in [0.29, 0.717) is 0 Å². The molecular formula is C12H17F3N2O2S. The number of hydrogen-bond acceptors (Lipinski definition) is 4. The Balaban J connectivity index is 3.48. The summed E-state index contributed by atoms with van der Waals surface area (Å²) in [7, 11) is -3.89. The molecule has 0 atom stereocenters. The number of alkyl halides is 3. The van der Waals surface area contributed by atoms with Gasteiger partial charge in [0.1, 0.15) is 0 Å². The van der Waals surface area contributed by atoms with E-state index < -0.39 is 25.8 Å². The largest absolute Gasteiger partial charge is 0.501 e. The third-order valence-electron chi connectivity index (χ3n) is 3.23. The van der Waals surface area contributed by atoms with E-state index >= 15 is 0 Å². The van der Waals surface area contributed by atoms with E-state index in [2.05, 4.69) is 0 Å². The number of anilines is 1. The van der Waals surface area contributed by atoms with E-state index in [4.69, 9.17) is 5.73 Å². The van der Waals surface area contributed by atoms with Gasteiger partial charge < -0.3 is 10.6 Å². The van der Waals surface area contributed by atoms with Gasteiger partial charge in [0.05, 0.1) is 10.6 Å². The van der Waals surface area contributed by atoms with Gasteiger partial charge in [0.2, 0.25) is 0 Å². The Labute approximate surface area is 116 Å². The maximum Gasteiger partial charge on any atom is 0.501 e. The molecule has 4 nitrogen and oxygen atoms in total. The molecule has 0 aliphatic rings. The van der Waals surface area contributed by atoms with Crippen molar-refractivity contribution in [3.05, 3.63) is 24.3 Å². The summed E-state index contributed by atoms with van der Waals surface area (Å²) in [4.78, 5) is 0.669. The van der Waals surface area contributed by atoms with Crippen LogP contribution in [0.4, 0.5) is 18.9 Å². The molecule has 0 bridgehead atoms. The summed E-state index contributed by atoms with van der Waals surface area (Å²) in [6.07, 6.45) is 0. The van der Waals surface area contributed by atoms with Gasteiger partial charge in [-0.3, -0.25) is 0 Å². The summed E-state index contributed by atoms with van der Waals surface area (Å²) >= 11 is 0. The van der Waals surface area contributed by atoms with Crippen LogP contribution < -0.4 is 10.6 Å². The van der Waals surface area contributed by atoms with Gasteiger partial charge in [0, 0.05) is 19.1 Å². The SMILES string of the molecule is CN(c1ccccc1S(=O)(=O)C(F)(F)F)C(C)(C)CN. The highest BCUT2D eigenvalue weighted by Crippen LogP contribution is 2.36. The van der Waals surface area contributed by atoms with Crippen LogP contribution in [0.15, 0.2) is 29.2 Å². The molecule has 1 rings (SSSR count). The van der Waals surface area contributed by atoms with Crippen molar-refractivity contribution in [2.45, 2.75) is 29.8 Å². The minimum Gasteiger partial charge on any atom is -0.367 e. The van der Waals surface area contributed by atoms with Crippen molar-refractivity contribution in [2.24, 2.45) is 5.73 Å². The van der Waals surface area contributed by atoms with Crippen LogP contribution in [0, 0.1) is 0 Å². The van der Waals surface area contributed by atoms with E-state index in [1.165, 1.54) is 30.1 Å². The molecule has 20 heavy (non-hydrogen) atoms. The smallest absolute Gasteiger partial charge is 0.367 e. The fraction of sp³-hybridized carbons (Fsp3) is 0.500. The molecule has 0 heterocycles. The van der Waals surface area contributed by atoms with Gasteiger partial charge in [0.25, 0.3) is 9.84 Å². The number of likely N-dealkylation sites (N-methyl/N-ethyl adjacent to an activating group) is 1. The molecule has 2 N–H and O–H groups in total. The minimum absolute atomic E-state index is 0.0275. The molecule has 0 radical (unpaired) electrons. The Bertz CT molecular complexity index is 583. The molecule has 0 saturated heterocycles. The third kappa shape index (κ3) is 2.90. The van der Waals surface area contributed by atoms with Crippen LogP contribution in [0.2, 0.25) is 0 Å². The van der Waals surface area contributed by atoms with Crippen LogP contribution in [0.5, 0.6) is 0 Å². The highest BCUT2D eigenvalue weighted by atomic mass is 32.2. The van der Waals surface area contributed by atoms with E-state index in [-0.39, 0.29) is 12.2 Å². The van der Waals surface area contributed by atoms with Crippen LogP contribution in [0.1, 0.15) is 13.8 Å². The third-order valence-corrected chi connectivity index (χ3v) is 4.76. The Hall–Kier alpha value is -1.28. The quantitative estimate of drug-likeness (QED) is 0.925.